The van der Waals surface area contributed by atoms with E-state index in [1.54, 1.807) is 36.4 Å². The molecule has 6 heteroatoms. The Labute approximate surface area is 147 Å². The zero-order valence-electron chi connectivity index (χ0n) is 13.6. The fourth-order valence-corrected chi connectivity index (χ4v) is 2.78. The van der Waals surface area contributed by atoms with Gasteiger partial charge in [0, 0.05) is 12.6 Å². The van der Waals surface area contributed by atoms with Gasteiger partial charge in [-0.25, -0.2) is 0 Å². The minimum absolute atomic E-state index is 0.00228. The number of hydrogen-bond acceptors (Lipinski definition) is 5. The lowest BCUT2D eigenvalue weighted by atomic mass is 10.1. The normalized spacial score (nSPS) is 12.3. The van der Waals surface area contributed by atoms with E-state index in [-0.39, 0.29) is 28.9 Å². The molecule has 0 aliphatic rings. The number of aliphatic hydroxyl groups excluding tert-OH is 1. The Morgan fingerprint density at radius 2 is 1.73 bits per heavy atom. The number of hydrogen-bond donors (Lipinski definition) is 2. The summed E-state index contributed by atoms with van der Waals surface area (Å²) in [5.41, 5.74) is 0.834. The van der Waals surface area contributed by atoms with Gasteiger partial charge >= 0.3 is 5.78 Å². The number of fused-ring (bicyclic) bond motifs is 2. The van der Waals surface area contributed by atoms with E-state index in [4.69, 9.17) is 8.83 Å². The Morgan fingerprint density at radius 3 is 2.54 bits per heavy atom. The summed E-state index contributed by atoms with van der Waals surface area (Å²) in [7, 11) is 0. The topological polar surface area (TPSA) is 92.7 Å². The number of aliphatic hydroxyl groups is 1. The first-order valence-electron chi connectivity index (χ1n) is 8.10. The number of carbonyl (C=O) groups is 1. The molecule has 4 aromatic rings. The SMILES string of the molecule is O=C(NCC(O)c1ccccc1)c1cc2c(=O)c3ccccc3oc2o1. The molecule has 0 fully saturated rings. The van der Waals surface area contributed by atoms with Gasteiger partial charge in [0.15, 0.2) is 5.76 Å². The number of amides is 1. The number of benzene rings is 2. The molecule has 0 bridgehead atoms. The maximum Gasteiger partial charge on any atom is 0.302 e. The molecule has 2 aromatic heterocycles. The van der Waals surface area contributed by atoms with Crippen molar-refractivity contribution in [3.63, 3.8) is 0 Å². The Hall–Kier alpha value is -3.38. The minimum Gasteiger partial charge on any atom is -0.425 e. The summed E-state index contributed by atoms with van der Waals surface area (Å²) >= 11 is 0. The zero-order chi connectivity index (χ0) is 18.1. The van der Waals surface area contributed by atoms with Crippen molar-refractivity contribution in [2.75, 3.05) is 6.54 Å². The molecule has 2 heterocycles. The maximum absolute atomic E-state index is 12.5. The first-order chi connectivity index (χ1) is 12.6. The molecule has 0 saturated carbocycles. The largest absolute Gasteiger partial charge is 0.425 e. The quantitative estimate of drug-likeness (QED) is 0.591. The number of furan rings is 1. The van der Waals surface area contributed by atoms with Crippen LogP contribution in [0.4, 0.5) is 0 Å². The number of carbonyl (C=O) groups excluding carboxylic acids is 1. The molecular formula is C20H15NO5. The molecule has 2 N–H and O–H groups in total. The van der Waals surface area contributed by atoms with Gasteiger partial charge in [0.05, 0.1) is 11.5 Å². The van der Waals surface area contributed by atoms with E-state index in [1.165, 1.54) is 6.07 Å². The Morgan fingerprint density at radius 1 is 1.00 bits per heavy atom. The fourth-order valence-electron chi connectivity index (χ4n) is 2.78. The van der Waals surface area contributed by atoms with Crippen molar-refractivity contribution in [3.05, 3.63) is 82.2 Å². The predicted octanol–water partition coefficient (Wildman–Crippen LogP) is 3.00. The van der Waals surface area contributed by atoms with Crippen LogP contribution in [0, 0.1) is 0 Å². The van der Waals surface area contributed by atoms with Gasteiger partial charge in [-0.3, -0.25) is 9.59 Å². The molecule has 130 valence electrons. The average Bonchev–Trinajstić information content (AvgIpc) is 3.11. The van der Waals surface area contributed by atoms with Crippen molar-refractivity contribution in [1.82, 2.24) is 5.32 Å². The lowest BCUT2D eigenvalue weighted by Crippen LogP contribution is -2.28. The maximum atomic E-state index is 12.5. The van der Waals surface area contributed by atoms with Crippen molar-refractivity contribution in [2.45, 2.75) is 6.10 Å². The van der Waals surface area contributed by atoms with Crippen molar-refractivity contribution in [2.24, 2.45) is 0 Å². The molecule has 2 aromatic carbocycles. The van der Waals surface area contributed by atoms with Gasteiger partial charge in [-0.15, -0.1) is 0 Å². The summed E-state index contributed by atoms with van der Waals surface area (Å²) in [6, 6.07) is 17.2. The number of para-hydroxylation sites is 1. The van der Waals surface area contributed by atoms with Crippen LogP contribution in [0.3, 0.4) is 0 Å². The molecule has 0 saturated heterocycles. The van der Waals surface area contributed by atoms with Gasteiger partial charge in [0.2, 0.25) is 5.43 Å². The smallest absolute Gasteiger partial charge is 0.302 e. The van der Waals surface area contributed by atoms with E-state index in [9.17, 15) is 14.7 Å². The van der Waals surface area contributed by atoms with Gasteiger partial charge in [-0.1, -0.05) is 42.5 Å². The van der Waals surface area contributed by atoms with Crippen molar-refractivity contribution in [1.29, 1.82) is 0 Å². The van der Waals surface area contributed by atoms with E-state index >= 15 is 0 Å². The van der Waals surface area contributed by atoms with Crippen LogP contribution < -0.4 is 10.7 Å². The van der Waals surface area contributed by atoms with Crippen LogP contribution >= 0.6 is 0 Å². The highest BCUT2D eigenvalue weighted by atomic mass is 16.5. The lowest BCUT2D eigenvalue weighted by molar-refractivity contribution is 0.0889. The molecule has 26 heavy (non-hydrogen) atoms. The third kappa shape index (κ3) is 2.87. The monoisotopic (exact) mass is 349 g/mol. The van der Waals surface area contributed by atoms with Crippen molar-refractivity contribution in [3.8, 4) is 0 Å². The molecule has 6 nitrogen and oxygen atoms in total. The minimum atomic E-state index is -0.841. The van der Waals surface area contributed by atoms with E-state index in [0.717, 1.165) is 0 Å². The van der Waals surface area contributed by atoms with Gasteiger partial charge in [-0.2, -0.15) is 0 Å². The Kier molecular flexibility index (Phi) is 4.02. The van der Waals surface area contributed by atoms with Crippen molar-refractivity contribution >= 4 is 28.0 Å². The van der Waals surface area contributed by atoms with E-state index in [2.05, 4.69) is 5.32 Å². The number of nitrogens with one attached hydrogen (secondary N) is 1. The molecular weight excluding hydrogens is 334 g/mol. The predicted molar refractivity (Wildman–Crippen MR) is 96.0 cm³/mol. The van der Waals surface area contributed by atoms with E-state index in [0.29, 0.717) is 16.5 Å². The third-order valence-corrected chi connectivity index (χ3v) is 4.14. The first kappa shape index (κ1) is 16.1. The molecule has 4 rings (SSSR count). The second kappa shape index (κ2) is 6.50. The zero-order valence-corrected chi connectivity index (χ0v) is 13.6. The van der Waals surface area contributed by atoms with Crippen LogP contribution in [0.2, 0.25) is 0 Å². The molecule has 0 aliphatic heterocycles. The Bertz CT molecular complexity index is 1140. The fraction of sp³-hybridized carbons (Fsp3) is 0.100. The molecule has 0 spiro atoms. The summed E-state index contributed by atoms with van der Waals surface area (Å²) < 4.78 is 11.0. The highest BCUT2D eigenvalue weighted by Gasteiger charge is 2.18. The van der Waals surface area contributed by atoms with Crippen LogP contribution in [-0.2, 0) is 0 Å². The van der Waals surface area contributed by atoms with Crippen LogP contribution in [0.15, 0.2) is 74.3 Å². The Balaban J connectivity index is 1.58. The summed E-state index contributed by atoms with van der Waals surface area (Å²) in [6.45, 7) is 0.0171. The molecule has 0 aliphatic carbocycles. The van der Waals surface area contributed by atoms with Crippen LogP contribution in [0.25, 0.3) is 22.1 Å². The second-order valence-electron chi connectivity index (χ2n) is 5.88. The van der Waals surface area contributed by atoms with Gasteiger partial charge < -0.3 is 19.3 Å². The molecule has 1 atom stereocenters. The standard InChI is InChI=1S/C20H15NO5/c22-15(12-6-2-1-3-7-12)11-21-19(24)17-10-14-18(23)13-8-4-5-9-16(13)25-20(14)26-17/h1-10,15,22H,11H2,(H,21,24). The highest BCUT2D eigenvalue weighted by Crippen LogP contribution is 2.21. The van der Waals surface area contributed by atoms with Gasteiger partial charge in [0.25, 0.3) is 5.91 Å². The summed E-state index contributed by atoms with van der Waals surface area (Å²) in [6.07, 6.45) is -0.841. The lowest BCUT2D eigenvalue weighted by Gasteiger charge is -2.11. The van der Waals surface area contributed by atoms with Gasteiger partial charge in [-0.05, 0) is 17.7 Å². The highest BCUT2D eigenvalue weighted by molar-refractivity contribution is 5.97. The first-order valence-corrected chi connectivity index (χ1v) is 8.10. The second-order valence-corrected chi connectivity index (χ2v) is 5.88. The summed E-state index contributed by atoms with van der Waals surface area (Å²) in [4.78, 5) is 24.8. The summed E-state index contributed by atoms with van der Waals surface area (Å²) in [5, 5.41) is 13.3. The van der Waals surface area contributed by atoms with Crippen LogP contribution in [0.1, 0.15) is 22.2 Å². The summed E-state index contributed by atoms with van der Waals surface area (Å²) in [5.74, 6) is -0.575. The van der Waals surface area contributed by atoms with Crippen LogP contribution in [-0.4, -0.2) is 17.6 Å². The molecule has 0 radical (unpaired) electrons. The van der Waals surface area contributed by atoms with E-state index in [1.807, 2.05) is 18.2 Å². The average molecular weight is 349 g/mol. The van der Waals surface area contributed by atoms with Crippen LogP contribution in [0.5, 0.6) is 0 Å². The number of rotatable bonds is 4. The molecule has 1 unspecified atom stereocenters. The van der Waals surface area contributed by atoms with E-state index < -0.39 is 12.0 Å². The van der Waals surface area contributed by atoms with Gasteiger partial charge in [0.1, 0.15) is 11.0 Å². The third-order valence-electron chi connectivity index (χ3n) is 4.14. The van der Waals surface area contributed by atoms with Crippen molar-refractivity contribution < 1.29 is 18.7 Å². The molecule has 1 amide bonds.